The van der Waals surface area contributed by atoms with Crippen LogP contribution in [0.1, 0.15) is 67.4 Å². The zero-order chi connectivity index (χ0) is 28.9. The molecule has 1 amide bonds. The second-order valence-corrected chi connectivity index (χ2v) is 10.4. The van der Waals surface area contributed by atoms with E-state index in [4.69, 9.17) is 4.74 Å². The molecule has 1 heterocycles. The van der Waals surface area contributed by atoms with Gasteiger partial charge in [-0.15, -0.1) is 0 Å². The molecule has 1 saturated carbocycles. The maximum atomic E-state index is 13.7. The highest BCUT2D eigenvalue weighted by Gasteiger charge is 2.54. The second-order valence-electron chi connectivity index (χ2n) is 10.4. The Bertz CT molecular complexity index is 1210. The van der Waals surface area contributed by atoms with Crippen molar-refractivity contribution in [2.45, 2.75) is 69.6 Å². The number of rotatable bonds is 6. The van der Waals surface area contributed by atoms with Crippen LogP contribution in [0.3, 0.4) is 0 Å². The van der Waals surface area contributed by atoms with Gasteiger partial charge >= 0.3 is 18.3 Å². The van der Waals surface area contributed by atoms with Crippen molar-refractivity contribution in [1.29, 1.82) is 0 Å². The van der Waals surface area contributed by atoms with E-state index in [-0.39, 0.29) is 24.0 Å². The van der Waals surface area contributed by atoms with Crippen molar-refractivity contribution >= 4 is 11.9 Å². The first-order valence-corrected chi connectivity index (χ1v) is 12.3. The van der Waals surface area contributed by atoms with E-state index >= 15 is 0 Å². The monoisotopic (exact) mass is 561 g/mol. The number of alkyl halides is 6. The first-order chi connectivity index (χ1) is 18.0. The molecule has 0 radical (unpaired) electrons. The predicted molar refractivity (Wildman–Crippen MR) is 124 cm³/mol. The fourth-order valence-electron chi connectivity index (χ4n) is 5.65. The van der Waals surface area contributed by atoms with Crippen molar-refractivity contribution in [3.05, 3.63) is 70.5 Å². The Hall–Kier alpha value is -3.15. The lowest BCUT2D eigenvalue weighted by Gasteiger charge is -2.31. The van der Waals surface area contributed by atoms with Crippen LogP contribution in [0.25, 0.3) is 0 Å². The molecular weight excluding hydrogens is 535 g/mol. The molecule has 0 bridgehead atoms. The van der Waals surface area contributed by atoms with Gasteiger partial charge in [-0.25, -0.2) is 4.39 Å². The Morgan fingerprint density at radius 2 is 1.59 bits per heavy atom. The second kappa shape index (κ2) is 10.1. The van der Waals surface area contributed by atoms with Crippen LogP contribution >= 0.6 is 0 Å². The van der Waals surface area contributed by atoms with Gasteiger partial charge in [-0.3, -0.25) is 9.59 Å². The minimum atomic E-state index is -5.01. The molecule has 6 atom stereocenters. The number of carbonyl (C=O) groups excluding carboxylic acids is 1. The zero-order valence-electron chi connectivity index (χ0n) is 20.9. The fourth-order valence-corrected chi connectivity index (χ4v) is 5.65. The molecule has 2 aromatic carbocycles. The number of amides is 1. The Balaban J connectivity index is 1.66. The number of carbonyl (C=O) groups is 2. The van der Waals surface area contributed by atoms with Crippen LogP contribution in [0, 0.1) is 17.2 Å². The van der Waals surface area contributed by atoms with Crippen LogP contribution in [0.5, 0.6) is 0 Å². The molecule has 0 spiro atoms. The van der Waals surface area contributed by atoms with Crippen molar-refractivity contribution in [1.82, 2.24) is 5.32 Å². The lowest BCUT2D eigenvalue weighted by molar-refractivity contribution is -0.152. The third-order valence-corrected chi connectivity index (χ3v) is 7.79. The molecule has 1 aliphatic heterocycles. The number of aliphatic carboxylic acids is 1. The molecule has 39 heavy (non-hydrogen) atoms. The minimum Gasteiger partial charge on any atom is -0.480 e. The summed E-state index contributed by atoms with van der Waals surface area (Å²) in [5.41, 5.74) is -4.29. The van der Waals surface area contributed by atoms with E-state index in [1.54, 1.807) is 0 Å². The maximum Gasteiger partial charge on any atom is 0.416 e. The van der Waals surface area contributed by atoms with Gasteiger partial charge in [0.05, 0.1) is 23.3 Å². The third kappa shape index (κ3) is 5.75. The average Bonchev–Trinajstić information content (AvgIpc) is 3.39. The van der Waals surface area contributed by atoms with Gasteiger partial charge in [-0.05, 0) is 80.5 Å². The van der Waals surface area contributed by atoms with Crippen molar-refractivity contribution in [3.63, 3.8) is 0 Å². The molecule has 5 nitrogen and oxygen atoms in total. The quantitative estimate of drug-likeness (QED) is 0.313. The van der Waals surface area contributed by atoms with Crippen LogP contribution in [0.4, 0.5) is 30.7 Å². The SMILES string of the molecule is C[C@@H](O[C@H]1CC[C@@H]([C@H]2C[C@@](C)(C(=O)O)C(=O)N2)[C@@H]1c1ccc(F)cc1)c1cc(C(F)(F)F)cc(C(F)(F)F)c1. The summed E-state index contributed by atoms with van der Waals surface area (Å²) in [6.07, 6.45) is -11.2. The summed E-state index contributed by atoms with van der Waals surface area (Å²) >= 11 is 0. The Kier molecular flexibility index (Phi) is 7.48. The normalized spacial score (nSPS) is 28.4. The Labute approximate surface area is 219 Å². The molecule has 4 rings (SSSR count). The molecule has 12 heteroatoms. The highest BCUT2D eigenvalue weighted by molar-refractivity contribution is 6.03. The summed E-state index contributed by atoms with van der Waals surface area (Å²) in [6.45, 7) is 2.66. The van der Waals surface area contributed by atoms with Gasteiger partial charge < -0.3 is 15.2 Å². The topological polar surface area (TPSA) is 75.6 Å². The van der Waals surface area contributed by atoms with Crippen molar-refractivity contribution in [2.75, 3.05) is 0 Å². The summed E-state index contributed by atoms with van der Waals surface area (Å²) in [6, 6.07) is 6.12. The Morgan fingerprint density at radius 1 is 1.03 bits per heavy atom. The number of carboxylic acids is 1. The fraction of sp³-hybridized carbons (Fsp3) is 0.481. The van der Waals surface area contributed by atoms with Gasteiger partial charge in [0.2, 0.25) is 5.91 Å². The summed E-state index contributed by atoms with van der Waals surface area (Å²) in [7, 11) is 0. The number of nitrogens with one attached hydrogen (secondary N) is 1. The number of carboxylic acid groups (broad SMARTS) is 1. The number of halogens is 7. The standard InChI is InChI=1S/C27H26F7NO4/c1-13(15-9-16(26(29,30)31)11-17(10-15)27(32,33)34)39-21-8-7-19(22(21)14-3-5-18(28)6-4-14)20-12-25(2,24(37)38)23(36)35-20/h3-6,9-11,13,19-22H,7-8,12H2,1-2H3,(H,35,36)(H,37,38)/t13-,19+,20-,21+,22+,25-/m1/s1. The van der Waals surface area contributed by atoms with Crippen LogP contribution < -0.4 is 5.32 Å². The average molecular weight is 561 g/mol. The highest BCUT2D eigenvalue weighted by Crippen LogP contribution is 2.49. The molecule has 2 aliphatic rings. The largest absolute Gasteiger partial charge is 0.480 e. The van der Waals surface area contributed by atoms with E-state index in [1.807, 2.05) is 0 Å². The van der Waals surface area contributed by atoms with Crippen LogP contribution in [0.15, 0.2) is 42.5 Å². The van der Waals surface area contributed by atoms with Gasteiger partial charge in [-0.2, -0.15) is 26.3 Å². The number of hydrogen-bond donors (Lipinski definition) is 2. The van der Waals surface area contributed by atoms with E-state index in [0.717, 1.165) is 0 Å². The molecule has 1 saturated heterocycles. The summed E-state index contributed by atoms with van der Waals surface area (Å²) < 4.78 is 100. The number of ether oxygens (including phenoxy) is 1. The van der Waals surface area contributed by atoms with Gasteiger partial charge in [0.1, 0.15) is 11.2 Å². The molecule has 0 unspecified atom stereocenters. The van der Waals surface area contributed by atoms with E-state index in [2.05, 4.69) is 5.32 Å². The molecule has 0 aromatic heterocycles. The molecule has 2 N–H and O–H groups in total. The van der Waals surface area contributed by atoms with Crippen molar-refractivity contribution < 1.29 is 50.2 Å². The third-order valence-electron chi connectivity index (χ3n) is 7.79. The minimum absolute atomic E-state index is 0.0195. The molecule has 212 valence electrons. The van der Waals surface area contributed by atoms with Gasteiger partial charge in [0, 0.05) is 12.0 Å². The van der Waals surface area contributed by atoms with Crippen molar-refractivity contribution in [3.8, 4) is 0 Å². The molecule has 2 aromatic rings. The summed E-state index contributed by atoms with van der Waals surface area (Å²) in [4.78, 5) is 24.3. The van der Waals surface area contributed by atoms with Crippen LogP contribution in [-0.4, -0.2) is 29.1 Å². The number of benzene rings is 2. The predicted octanol–water partition coefficient (Wildman–Crippen LogP) is 6.48. The van der Waals surface area contributed by atoms with E-state index in [0.29, 0.717) is 30.5 Å². The summed E-state index contributed by atoms with van der Waals surface area (Å²) in [5.74, 6) is -3.37. The number of hydrogen-bond acceptors (Lipinski definition) is 3. The van der Waals surface area contributed by atoms with Gasteiger partial charge in [0.15, 0.2) is 0 Å². The highest BCUT2D eigenvalue weighted by atomic mass is 19.4. The molecule has 2 fully saturated rings. The summed E-state index contributed by atoms with van der Waals surface area (Å²) in [5, 5.41) is 12.3. The van der Waals surface area contributed by atoms with E-state index in [9.17, 15) is 45.4 Å². The van der Waals surface area contributed by atoms with Gasteiger partial charge in [-0.1, -0.05) is 12.1 Å². The molecule has 1 aliphatic carbocycles. The van der Waals surface area contributed by atoms with E-state index in [1.165, 1.54) is 38.1 Å². The van der Waals surface area contributed by atoms with Crippen LogP contribution in [0.2, 0.25) is 0 Å². The Morgan fingerprint density at radius 3 is 2.08 bits per heavy atom. The smallest absolute Gasteiger partial charge is 0.416 e. The lowest BCUT2D eigenvalue weighted by atomic mass is 9.78. The first-order valence-electron chi connectivity index (χ1n) is 12.3. The molecular formula is C27H26F7NO4. The first kappa shape index (κ1) is 28.8. The van der Waals surface area contributed by atoms with Gasteiger partial charge in [0.25, 0.3) is 0 Å². The zero-order valence-corrected chi connectivity index (χ0v) is 20.9. The lowest BCUT2D eigenvalue weighted by Crippen LogP contribution is -2.37. The van der Waals surface area contributed by atoms with Crippen molar-refractivity contribution in [2.24, 2.45) is 11.3 Å². The van der Waals surface area contributed by atoms with Crippen LogP contribution in [-0.2, 0) is 26.7 Å². The maximum absolute atomic E-state index is 13.7. The van der Waals surface area contributed by atoms with E-state index < -0.39 is 70.8 Å².